The molecule has 1 aromatic heterocycles. The molecule has 0 aliphatic carbocycles. The van der Waals surface area contributed by atoms with Gasteiger partial charge in [-0.15, -0.1) is 0 Å². The summed E-state index contributed by atoms with van der Waals surface area (Å²) >= 11 is 6.50. The molecule has 0 aliphatic heterocycles. The van der Waals surface area contributed by atoms with Crippen molar-refractivity contribution in [2.75, 3.05) is 18.9 Å². The Morgan fingerprint density at radius 3 is 2.31 bits per heavy atom. The third-order valence-corrected chi connectivity index (χ3v) is 6.14. The molecule has 1 heterocycles. The lowest BCUT2D eigenvalue weighted by Crippen LogP contribution is -2.12. The molecule has 0 saturated carbocycles. The van der Waals surface area contributed by atoms with Gasteiger partial charge in [0.1, 0.15) is 5.75 Å². The molecule has 0 fully saturated rings. The van der Waals surface area contributed by atoms with Crippen LogP contribution in [0.5, 0.6) is 23.0 Å². The van der Waals surface area contributed by atoms with Crippen LogP contribution in [0.2, 0.25) is 5.15 Å². The molecule has 0 amide bonds. The number of anilines is 1. The van der Waals surface area contributed by atoms with Crippen LogP contribution in [-0.4, -0.2) is 32.6 Å². The van der Waals surface area contributed by atoms with E-state index in [2.05, 4.69) is 14.7 Å². The Hall–Kier alpha value is -4.08. The van der Waals surface area contributed by atoms with Crippen molar-refractivity contribution in [1.82, 2.24) is 9.97 Å². The summed E-state index contributed by atoms with van der Waals surface area (Å²) in [6.07, 6.45) is 1.47. The summed E-state index contributed by atoms with van der Waals surface area (Å²) in [6, 6.07) is 22.9. The molecule has 0 unspecified atom stereocenters. The van der Waals surface area contributed by atoms with Crippen LogP contribution in [0.4, 0.5) is 5.82 Å². The van der Waals surface area contributed by atoms with Crippen LogP contribution in [-0.2, 0) is 10.0 Å². The number of hydrogen-bond acceptors (Lipinski definition) is 7. The van der Waals surface area contributed by atoms with Crippen molar-refractivity contribution in [3.8, 4) is 34.4 Å². The number of aromatic nitrogens is 2. The van der Waals surface area contributed by atoms with Crippen molar-refractivity contribution in [3.05, 3.63) is 95.0 Å². The van der Waals surface area contributed by atoms with Gasteiger partial charge in [0.05, 0.1) is 19.6 Å². The average molecular weight is 524 g/mol. The maximum atomic E-state index is 13.0. The molecule has 0 saturated heterocycles. The van der Waals surface area contributed by atoms with Crippen LogP contribution in [0.25, 0.3) is 17.5 Å². The summed E-state index contributed by atoms with van der Waals surface area (Å²) in [5.41, 5.74) is 1.28. The Morgan fingerprint density at radius 1 is 0.861 bits per heavy atom. The van der Waals surface area contributed by atoms with E-state index in [1.54, 1.807) is 60.7 Å². The smallest absolute Gasteiger partial charge is 0.256 e. The molecule has 4 aromatic rings. The fraction of sp³-hybridized carbons (Fsp3) is 0.0769. The third kappa shape index (κ3) is 6.12. The van der Waals surface area contributed by atoms with Crippen molar-refractivity contribution >= 4 is 33.5 Å². The number of ether oxygens (including phenoxy) is 3. The first kappa shape index (κ1) is 25.0. The molecule has 3 aromatic carbocycles. The van der Waals surface area contributed by atoms with Gasteiger partial charge in [0.2, 0.25) is 5.75 Å². The molecule has 36 heavy (non-hydrogen) atoms. The van der Waals surface area contributed by atoms with Gasteiger partial charge in [0, 0.05) is 5.56 Å². The third-order valence-electron chi connectivity index (χ3n) is 4.91. The van der Waals surface area contributed by atoms with Crippen LogP contribution in [0.3, 0.4) is 0 Å². The number of nitrogens with one attached hydrogen (secondary N) is 1. The van der Waals surface area contributed by atoms with Crippen LogP contribution in [0.15, 0.2) is 84.3 Å². The van der Waals surface area contributed by atoms with E-state index in [9.17, 15) is 8.42 Å². The monoisotopic (exact) mass is 523 g/mol. The summed E-state index contributed by atoms with van der Waals surface area (Å²) in [4.78, 5) is 8.76. The highest BCUT2D eigenvalue weighted by Gasteiger charge is 2.21. The maximum absolute atomic E-state index is 13.0. The molecule has 0 atom stereocenters. The predicted octanol–water partition coefficient (Wildman–Crippen LogP) is 6.02. The van der Waals surface area contributed by atoms with E-state index in [4.69, 9.17) is 25.8 Å². The van der Waals surface area contributed by atoms with Crippen molar-refractivity contribution in [1.29, 1.82) is 0 Å². The Kier molecular flexibility index (Phi) is 7.72. The highest BCUT2D eigenvalue weighted by molar-refractivity contribution is 7.95. The van der Waals surface area contributed by atoms with Gasteiger partial charge in [-0.25, -0.2) is 18.4 Å². The summed E-state index contributed by atoms with van der Waals surface area (Å²) in [7, 11) is -0.980. The average Bonchev–Trinajstić information content (AvgIpc) is 2.90. The summed E-state index contributed by atoms with van der Waals surface area (Å²) in [5.74, 6) is 1.26. The van der Waals surface area contributed by atoms with Gasteiger partial charge in [-0.2, -0.15) is 0 Å². The number of hydrogen-bond donors (Lipinski definition) is 1. The number of nitrogens with zero attached hydrogens (tertiary/aromatic N) is 2. The van der Waals surface area contributed by atoms with E-state index in [0.29, 0.717) is 28.4 Å². The molecule has 1 N–H and O–H groups in total. The number of methoxy groups -OCH3 is 2. The van der Waals surface area contributed by atoms with Crippen LogP contribution in [0, 0.1) is 0 Å². The van der Waals surface area contributed by atoms with E-state index in [-0.39, 0.29) is 22.5 Å². The molecule has 0 aliphatic rings. The molecule has 4 rings (SSSR count). The van der Waals surface area contributed by atoms with Gasteiger partial charge in [-0.05, 0) is 35.9 Å². The summed E-state index contributed by atoms with van der Waals surface area (Å²) in [5, 5.41) is 0.939. The number of rotatable bonds is 9. The zero-order valence-electron chi connectivity index (χ0n) is 19.4. The highest BCUT2D eigenvalue weighted by atomic mass is 35.5. The first-order valence-corrected chi connectivity index (χ1v) is 12.6. The van der Waals surface area contributed by atoms with Crippen molar-refractivity contribution < 1.29 is 22.6 Å². The van der Waals surface area contributed by atoms with Gasteiger partial charge >= 0.3 is 0 Å². The van der Waals surface area contributed by atoms with Crippen LogP contribution in [0.1, 0.15) is 5.56 Å². The zero-order chi connectivity index (χ0) is 25.5. The SMILES string of the molecule is COc1cccc(-c2nc(Cl)c(Oc3ccccc3OC)c(NS(=O)(=O)/C=C/c3ccccc3)n2)c1. The Labute approximate surface area is 214 Å². The summed E-state index contributed by atoms with van der Waals surface area (Å²) in [6.45, 7) is 0. The molecule has 0 spiro atoms. The van der Waals surface area contributed by atoms with E-state index >= 15 is 0 Å². The second-order valence-electron chi connectivity index (χ2n) is 7.36. The fourth-order valence-corrected chi connectivity index (χ4v) is 4.21. The van der Waals surface area contributed by atoms with Crippen LogP contribution >= 0.6 is 11.6 Å². The minimum absolute atomic E-state index is 0.0792. The zero-order valence-corrected chi connectivity index (χ0v) is 21.0. The largest absolute Gasteiger partial charge is 0.497 e. The molecule has 0 bridgehead atoms. The Balaban J connectivity index is 1.78. The van der Waals surface area contributed by atoms with Crippen LogP contribution < -0.4 is 18.9 Å². The first-order chi connectivity index (χ1) is 17.4. The van der Waals surface area contributed by atoms with Crippen molar-refractivity contribution in [2.24, 2.45) is 0 Å². The highest BCUT2D eigenvalue weighted by Crippen LogP contribution is 2.40. The van der Waals surface area contributed by atoms with Gasteiger partial charge in [0.15, 0.2) is 28.3 Å². The normalized spacial score (nSPS) is 11.3. The van der Waals surface area contributed by atoms with Crippen molar-refractivity contribution in [2.45, 2.75) is 0 Å². The topological polar surface area (TPSA) is 99.6 Å². The number of halogens is 1. The second-order valence-corrected chi connectivity index (χ2v) is 9.29. The Bertz CT molecular complexity index is 1490. The molecule has 0 radical (unpaired) electrons. The standard InChI is InChI=1S/C26H22ClN3O5S/c1-33-20-12-8-11-19(17-20)25-28-24(27)23(35-22-14-7-6-13-21(22)34-2)26(29-25)30-36(31,32)16-15-18-9-4-3-5-10-18/h3-17H,1-2H3,(H,28,29,30)/b16-15+. The van der Waals surface area contributed by atoms with Gasteiger partial charge in [-0.3, -0.25) is 4.72 Å². The molecule has 8 nitrogen and oxygen atoms in total. The van der Waals surface area contributed by atoms with Gasteiger partial charge < -0.3 is 14.2 Å². The first-order valence-electron chi connectivity index (χ1n) is 10.7. The summed E-state index contributed by atoms with van der Waals surface area (Å²) < 4.78 is 44.9. The number of para-hydroxylation sites is 2. The Morgan fingerprint density at radius 2 is 1.58 bits per heavy atom. The van der Waals surface area contributed by atoms with E-state index in [0.717, 1.165) is 5.41 Å². The second kappa shape index (κ2) is 11.1. The van der Waals surface area contributed by atoms with Gasteiger partial charge in [-0.1, -0.05) is 66.2 Å². The molecular formula is C26H22ClN3O5S. The van der Waals surface area contributed by atoms with E-state index in [1.807, 2.05) is 18.2 Å². The lowest BCUT2D eigenvalue weighted by molar-refractivity contribution is 0.378. The molecular weight excluding hydrogens is 502 g/mol. The lowest BCUT2D eigenvalue weighted by atomic mass is 10.2. The lowest BCUT2D eigenvalue weighted by Gasteiger charge is -2.15. The van der Waals surface area contributed by atoms with Crippen molar-refractivity contribution in [3.63, 3.8) is 0 Å². The van der Waals surface area contributed by atoms with E-state index in [1.165, 1.54) is 20.3 Å². The van der Waals surface area contributed by atoms with E-state index < -0.39 is 10.0 Å². The molecule has 10 heteroatoms. The fourth-order valence-electron chi connectivity index (χ4n) is 3.19. The minimum Gasteiger partial charge on any atom is -0.497 e. The molecule has 184 valence electrons. The number of sulfonamides is 1. The van der Waals surface area contributed by atoms with Gasteiger partial charge in [0.25, 0.3) is 10.0 Å². The minimum atomic E-state index is -4.01. The number of benzene rings is 3. The predicted molar refractivity (Wildman–Crippen MR) is 140 cm³/mol. The maximum Gasteiger partial charge on any atom is 0.256 e. The quantitative estimate of drug-likeness (QED) is 0.268.